The summed E-state index contributed by atoms with van der Waals surface area (Å²) in [5, 5.41) is 10.2. The average molecular weight is 301 g/mol. The summed E-state index contributed by atoms with van der Waals surface area (Å²) in [4.78, 5) is 9.14. The van der Waals surface area contributed by atoms with E-state index >= 15 is 0 Å². The van der Waals surface area contributed by atoms with Crippen LogP contribution < -0.4 is 4.90 Å². The lowest BCUT2D eigenvalue weighted by molar-refractivity contribution is -0.141. The zero-order valence-corrected chi connectivity index (χ0v) is 11.6. The third-order valence-electron chi connectivity index (χ3n) is 4.73. The number of alkyl halides is 3. The molecule has 1 aromatic rings. The molecule has 0 amide bonds. The highest BCUT2D eigenvalue weighted by molar-refractivity contribution is 5.40. The minimum Gasteiger partial charge on any atom is -0.392 e. The second kappa shape index (κ2) is 5.12. The Hall–Kier alpha value is -1.37. The van der Waals surface area contributed by atoms with Crippen molar-refractivity contribution in [3.05, 3.63) is 18.1 Å². The molecule has 1 aromatic heterocycles. The molecule has 1 aliphatic carbocycles. The quantitative estimate of drug-likeness (QED) is 0.866. The van der Waals surface area contributed by atoms with Gasteiger partial charge in [0.15, 0.2) is 0 Å². The lowest BCUT2D eigenvalue weighted by atomic mass is 9.77. The van der Waals surface area contributed by atoms with Crippen LogP contribution >= 0.6 is 0 Å². The Morgan fingerprint density at radius 3 is 2.67 bits per heavy atom. The molecule has 4 nitrogen and oxygen atoms in total. The Balaban J connectivity index is 1.84. The first-order valence-electron chi connectivity index (χ1n) is 7.23. The summed E-state index contributed by atoms with van der Waals surface area (Å²) < 4.78 is 38.2. The van der Waals surface area contributed by atoms with Gasteiger partial charge in [-0.05, 0) is 25.7 Å². The molecule has 21 heavy (non-hydrogen) atoms. The number of nitrogens with zero attached hydrogens (tertiary/aromatic N) is 3. The number of hydrogen-bond acceptors (Lipinski definition) is 4. The molecule has 2 atom stereocenters. The van der Waals surface area contributed by atoms with Gasteiger partial charge in [-0.3, -0.25) is 0 Å². The van der Waals surface area contributed by atoms with Crippen molar-refractivity contribution < 1.29 is 18.3 Å². The SMILES string of the molecule is O[C@@H]1CCC[C@]12CCCN(c1cc(C(F)(F)F)ncn1)C2. The van der Waals surface area contributed by atoms with Gasteiger partial charge in [0.25, 0.3) is 0 Å². The molecule has 1 N–H and O–H groups in total. The molecule has 2 heterocycles. The molecule has 3 rings (SSSR count). The van der Waals surface area contributed by atoms with Crippen molar-refractivity contribution in [2.75, 3.05) is 18.0 Å². The Kier molecular flexibility index (Phi) is 3.55. The summed E-state index contributed by atoms with van der Waals surface area (Å²) in [7, 11) is 0. The first kappa shape index (κ1) is 14.6. The van der Waals surface area contributed by atoms with Crippen molar-refractivity contribution in [1.82, 2.24) is 9.97 Å². The predicted molar refractivity (Wildman–Crippen MR) is 70.8 cm³/mol. The van der Waals surface area contributed by atoms with Gasteiger partial charge < -0.3 is 10.0 Å². The van der Waals surface area contributed by atoms with Gasteiger partial charge in [0.05, 0.1) is 6.10 Å². The Morgan fingerprint density at radius 1 is 1.24 bits per heavy atom. The fourth-order valence-corrected chi connectivity index (χ4v) is 3.63. The van der Waals surface area contributed by atoms with Crippen molar-refractivity contribution in [3.63, 3.8) is 0 Å². The number of piperidine rings is 1. The van der Waals surface area contributed by atoms with Crippen LogP contribution in [0, 0.1) is 5.41 Å². The van der Waals surface area contributed by atoms with Crippen LogP contribution in [0.4, 0.5) is 19.0 Å². The van der Waals surface area contributed by atoms with E-state index in [9.17, 15) is 18.3 Å². The molecular formula is C14H18F3N3O. The van der Waals surface area contributed by atoms with E-state index in [4.69, 9.17) is 0 Å². The molecule has 1 aliphatic heterocycles. The zero-order chi connectivity index (χ0) is 15.1. The number of hydrogen-bond donors (Lipinski definition) is 1. The van der Waals surface area contributed by atoms with Crippen molar-refractivity contribution in [3.8, 4) is 0 Å². The molecule has 0 radical (unpaired) electrons. The second-order valence-electron chi connectivity index (χ2n) is 6.05. The van der Waals surface area contributed by atoms with E-state index in [0.29, 0.717) is 18.9 Å². The lowest BCUT2D eigenvalue weighted by Gasteiger charge is -2.43. The second-order valence-corrected chi connectivity index (χ2v) is 6.05. The number of aliphatic hydroxyl groups excluding tert-OH is 1. The minimum absolute atomic E-state index is 0.179. The van der Waals surface area contributed by atoms with Crippen LogP contribution in [0.25, 0.3) is 0 Å². The zero-order valence-electron chi connectivity index (χ0n) is 11.6. The standard InChI is InChI=1S/C14H18F3N3O/c15-14(16,17)10-7-12(19-9-18-10)20-6-2-5-13(8-20)4-1-3-11(13)21/h7,9,11,21H,1-6,8H2/t11-,13-/m1/s1. The van der Waals surface area contributed by atoms with E-state index in [1.165, 1.54) is 0 Å². The number of anilines is 1. The largest absolute Gasteiger partial charge is 0.433 e. The van der Waals surface area contributed by atoms with E-state index in [1.54, 1.807) is 0 Å². The topological polar surface area (TPSA) is 49.2 Å². The van der Waals surface area contributed by atoms with Crippen molar-refractivity contribution in [2.45, 2.75) is 44.4 Å². The summed E-state index contributed by atoms with van der Waals surface area (Å²) in [5.41, 5.74) is -1.10. The lowest BCUT2D eigenvalue weighted by Crippen LogP contribution is -2.47. The van der Waals surface area contributed by atoms with Crippen molar-refractivity contribution in [2.24, 2.45) is 5.41 Å². The molecule has 116 valence electrons. The van der Waals surface area contributed by atoms with Crippen LogP contribution in [0.15, 0.2) is 12.4 Å². The molecule has 1 saturated carbocycles. The maximum absolute atomic E-state index is 12.7. The van der Waals surface area contributed by atoms with Gasteiger partial charge in [-0.1, -0.05) is 6.42 Å². The fraction of sp³-hybridized carbons (Fsp3) is 0.714. The van der Waals surface area contributed by atoms with Crippen molar-refractivity contribution in [1.29, 1.82) is 0 Å². The Labute approximate surface area is 121 Å². The molecule has 2 aliphatic rings. The fourth-order valence-electron chi connectivity index (χ4n) is 3.63. The first-order chi connectivity index (χ1) is 9.91. The molecule has 0 bridgehead atoms. The molecule has 1 spiro atoms. The molecule has 7 heteroatoms. The van der Waals surface area contributed by atoms with Gasteiger partial charge in [0.1, 0.15) is 17.8 Å². The highest BCUT2D eigenvalue weighted by atomic mass is 19.4. The number of aromatic nitrogens is 2. The summed E-state index contributed by atoms with van der Waals surface area (Å²) in [6, 6.07) is 1.00. The van der Waals surface area contributed by atoms with Gasteiger partial charge in [0.2, 0.25) is 0 Å². The third-order valence-corrected chi connectivity index (χ3v) is 4.73. The van der Waals surface area contributed by atoms with Crippen LogP contribution in [-0.2, 0) is 6.18 Å². The van der Waals surface area contributed by atoms with Gasteiger partial charge in [-0.25, -0.2) is 9.97 Å². The summed E-state index contributed by atoms with van der Waals surface area (Å²) >= 11 is 0. The maximum Gasteiger partial charge on any atom is 0.433 e. The molecule has 1 saturated heterocycles. The van der Waals surface area contributed by atoms with Crippen LogP contribution in [0.5, 0.6) is 0 Å². The summed E-state index contributed by atoms with van der Waals surface area (Å²) in [5.74, 6) is 0.301. The van der Waals surface area contributed by atoms with Gasteiger partial charge >= 0.3 is 6.18 Å². The van der Waals surface area contributed by atoms with E-state index in [-0.39, 0.29) is 11.5 Å². The average Bonchev–Trinajstić information content (AvgIpc) is 2.79. The Bertz CT molecular complexity index is 522. The van der Waals surface area contributed by atoms with Crippen LogP contribution in [-0.4, -0.2) is 34.3 Å². The number of aliphatic hydroxyl groups is 1. The van der Waals surface area contributed by atoms with Gasteiger partial charge in [-0.2, -0.15) is 13.2 Å². The number of halogens is 3. The van der Waals surface area contributed by atoms with E-state index in [1.807, 2.05) is 4.90 Å². The summed E-state index contributed by atoms with van der Waals surface area (Å²) in [6.07, 6.45) is 0.636. The Morgan fingerprint density at radius 2 is 2.00 bits per heavy atom. The first-order valence-corrected chi connectivity index (χ1v) is 7.23. The van der Waals surface area contributed by atoms with Crippen LogP contribution in [0.2, 0.25) is 0 Å². The smallest absolute Gasteiger partial charge is 0.392 e. The van der Waals surface area contributed by atoms with Gasteiger partial charge in [-0.15, -0.1) is 0 Å². The molecule has 2 fully saturated rings. The van der Waals surface area contributed by atoms with Crippen LogP contribution in [0.1, 0.15) is 37.8 Å². The van der Waals surface area contributed by atoms with E-state index in [0.717, 1.165) is 44.5 Å². The number of rotatable bonds is 1. The molecular weight excluding hydrogens is 283 g/mol. The summed E-state index contributed by atoms with van der Waals surface area (Å²) in [6.45, 7) is 1.24. The third kappa shape index (κ3) is 2.71. The molecule has 0 aromatic carbocycles. The van der Waals surface area contributed by atoms with E-state index in [2.05, 4.69) is 9.97 Å². The van der Waals surface area contributed by atoms with E-state index < -0.39 is 11.9 Å². The van der Waals surface area contributed by atoms with Crippen LogP contribution in [0.3, 0.4) is 0 Å². The monoisotopic (exact) mass is 301 g/mol. The predicted octanol–water partition coefficient (Wildman–Crippen LogP) is 2.63. The highest BCUT2D eigenvalue weighted by Crippen LogP contribution is 2.45. The van der Waals surface area contributed by atoms with Gasteiger partial charge in [0, 0.05) is 24.6 Å². The minimum atomic E-state index is -4.46. The molecule has 0 unspecified atom stereocenters. The van der Waals surface area contributed by atoms with Crippen molar-refractivity contribution >= 4 is 5.82 Å². The normalized spacial score (nSPS) is 30.1. The maximum atomic E-state index is 12.7. The highest BCUT2D eigenvalue weighted by Gasteiger charge is 2.45.